The molecule has 0 fully saturated rings. The van der Waals surface area contributed by atoms with Crippen molar-refractivity contribution in [2.75, 3.05) is 0 Å². The van der Waals surface area contributed by atoms with Crippen molar-refractivity contribution < 1.29 is 6.85 Å². The number of benzene rings is 7. The summed E-state index contributed by atoms with van der Waals surface area (Å²) in [5.74, 6) is 0.283. The minimum Gasteiger partial charge on any atom is -0.292 e. The van der Waals surface area contributed by atoms with Crippen molar-refractivity contribution in [3.05, 3.63) is 176 Å². The molecule has 0 amide bonds. The molecule has 0 radical (unpaired) electrons. The first-order valence-corrected chi connectivity index (χ1v) is 15.5. The average molecular weight is 605 g/mol. The van der Waals surface area contributed by atoms with Gasteiger partial charge in [0.25, 0.3) is 0 Å². The molecule has 0 aliphatic carbocycles. The number of nitrogens with zero attached hydrogens (tertiary/aromatic N) is 3. The zero-order valence-corrected chi connectivity index (χ0v) is 25.2. The van der Waals surface area contributed by atoms with Crippen LogP contribution in [0.1, 0.15) is 6.85 Å². The fraction of sp³-hybridized carbons (Fsp3) is 0. The summed E-state index contributed by atoms with van der Waals surface area (Å²) in [6.07, 6.45) is 3.61. The summed E-state index contributed by atoms with van der Waals surface area (Å²) in [5.41, 5.74) is 8.67. The van der Waals surface area contributed by atoms with Gasteiger partial charge in [-0.05, 0) is 79.7 Å². The molecule has 0 unspecified atom stereocenters. The van der Waals surface area contributed by atoms with Gasteiger partial charge < -0.3 is 0 Å². The van der Waals surface area contributed by atoms with Crippen LogP contribution in [0.25, 0.3) is 83.0 Å². The molecule has 2 aromatic heterocycles. The lowest BCUT2D eigenvalue weighted by molar-refractivity contribution is 1.10. The molecule has 0 spiro atoms. The highest BCUT2D eigenvalue weighted by Gasteiger charge is 2.21. The molecule has 0 atom stereocenters. The maximum atomic E-state index is 8.88. The van der Waals surface area contributed by atoms with Crippen LogP contribution in [0, 0.1) is 0 Å². The largest absolute Gasteiger partial charge is 0.292 e. The Hall–Kier alpha value is -6.32. The Kier molecular flexibility index (Phi) is 5.32. The highest BCUT2D eigenvalue weighted by Crippen LogP contribution is 2.46. The maximum absolute atomic E-state index is 8.88. The SMILES string of the molecule is [2H]c1c([2H])c([2H])c(-c2nc3ccccc3n2-c2ccccc2-c2c3ccccc3c(-c3ccc(-c4ccncc4)cc3)c3ccccc23)c([2H])c1[2H]. The van der Waals surface area contributed by atoms with Gasteiger partial charge in [0.2, 0.25) is 0 Å². The van der Waals surface area contributed by atoms with E-state index in [1.165, 1.54) is 0 Å². The third-order valence-electron chi connectivity index (χ3n) is 8.82. The number of imidazole rings is 1. The quantitative estimate of drug-likeness (QED) is 0.183. The van der Waals surface area contributed by atoms with Crippen LogP contribution in [0.3, 0.4) is 0 Å². The second-order valence-electron chi connectivity index (χ2n) is 11.4. The molecule has 2 heterocycles. The van der Waals surface area contributed by atoms with E-state index in [4.69, 9.17) is 11.8 Å². The van der Waals surface area contributed by atoms with Gasteiger partial charge in [-0.1, -0.05) is 133 Å². The third kappa shape index (κ3) is 4.52. The van der Waals surface area contributed by atoms with Crippen LogP contribution in [0.4, 0.5) is 0 Å². The molecule has 220 valence electrons. The highest BCUT2D eigenvalue weighted by molar-refractivity contribution is 6.22. The fourth-order valence-electron chi connectivity index (χ4n) is 6.78. The van der Waals surface area contributed by atoms with E-state index in [0.717, 1.165) is 66.1 Å². The Balaban J connectivity index is 1.34. The van der Waals surface area contributed by atoms with E-state index < -0.39 is 18.1 Å². The van der Waals surface area contributed by atoms with Gasteiger partial charge in [-0.3, -0.25) is 9.55 Å². The molecule has 3 heteroatoms. The first kappa shape index (κ1) is 22.2. The van der Waals surface area contributed by atoms with Gasteiger partial charge in [0.05, 0.1) is 23.6 Å². The van der Waals surface area contributed by atoms with E-state index >= 15 is 0 Å². The molecule has 9 rings (SSSR count). The average Bonchev–Trinajstić information content (AvgIpc) is 3.57. The molecule has 47 heavy (non-hydrogen) atoms. The van der Waals surface area contributed by atoms with E-state index in [1.54, 1.807) is 12.4 Å². The van der Waals surface area contributed by atoms with E-state index in [1.807, 2.05) is 59.2 Å². The van der Waals surface area contributed by atoms with Crippen molar-refractivity contribution in [1.82, 2.24) is 14.5 Å². The van der Waals surface area contributed by atoms with Crippen molar-refractivity contribution in [3.8, 4) is 50.5 Å². The number of aromatic nitrogens is 3. The first-order valence-electron chi connectivity index (χ1n) is 18.0. The van der Waals surface area contributed by atoms with Crippen LogP contribution in [0.15, 0.2) is 176 Å². The second kappa shape index (κ2) is 11.2. The number of rotatable bonds is 5. The van der Waals surface area contributed by atoms with Crippen molar-refractivity contribution >= 4 is 32.6 Å². The molecule has 3 nitrogen and oxygen atoms in total. The van der Waals surface area contributed by atoms with Gasteiger partial charge in [0, 0.05) is 23.5 Å². The summed E-state index contributed by atoms with van der Waals surface area (Å²) < 4.78 is 44.8. The van der Waals surface area contributed by atoms with Crippen molar-refractivity contribution in [1.29, 1.82) is 0 Å². The van der Waals surface area contributed by atoms with Crippen LogP contribution < -0.4 is 0 Å². The summed E-state index contributed by atoms with van der Waals surface area (Å²) >= 11 is 0. The summed E-state index contributed by atoms with van der Waals surface area (Å²) in [4.78, 5) is 9.10. The predicted octanol–water partition coefficient (Wildman–Crippen LogP) is 11.4. The number of para-hydroxylation sites is 3. The van der Waals surface area contributed by atoms with Gasteiger partial charge in [-0.15, -0.1) is 0 Å². The Bertz CT molecular complexity index is 2760. The van der Waals surface area contributed by atoms with Crippen LogP contribution >= 0.6 is 0 Å². The van der Waals surface area contributed by atoms with Gasteiger partial charge in [-0.2, -0.15) is 0 Å². The van der Waals surface area contributed by atoms with E-state index in [-0.39, 0.29) is 23.5 Å². The van der Waals surface area contributed by atoms with Crippen LogP contribution in [-0.2, 0) is 0 Å². The highest BCUT2D eigenvalue weighted by atomic mass is 15.1. The van der Waals surface area contributed by atoms with Crippen molar-refractivity contribution in [3.63, 3.8) is 0 Å². The van der Waals surface area contributed by atoms with Crippen molar-refractivity contribution in [2.45, 2.75) is 0 Å². The fourth-order valence-corrected chi connectivity index (χ4v) is 6.78. The number of fused-ring (bicyclic) bond motifs is 3. The van der Waals surface area contributed by atoms with Crippen LogP contribution in [-0.4, -0.2) is 14.5 Å². The molecule has 0 bridgehead atoms. The second-order valence-corrected chi connectivity index (χ2v) is 11.4. The van der Waals surface area contributed by atoms with Crippen molar-refractivity contribution in [2.24, 2.45) is 0 Å². The van der Waals surface area contributed by atoms with Gasteiger partial charge >= 0.3 is 0 Å². The maximum Gasteiger partial charge on any atom is 0.145 e. The summed E-state index contributed by atoms with van der Waals surface area (Å²) in [5, 5.41) is 4.33. The number of hydrogen-bond donors (Lipinski definition) is 0. The lowest BCUT2D eigenvalue weighted by atomic mass is 9.85. The lowest BCUT2D eigenvalue weighted by Gasteiger charge is -2.21. The van der Waals surface area contributed by atoms with Gasteiger partial charge in [0.15, 0.2) is 0 Å². The molecule has 9 aromatic rings. The van der Waals surface area contributed by atoms with Crippen LogP contribution in [0.2, 0.25) is 0 Å². The van der Waals surface area contributed by atoms with Gasteiger partial charge in [0.1, 0.15) is 5.82 Å². The monoisotopic (exact) mass is 604 g/mol. The van der Waals surface area contributed by atoms with Crippen LogP contribution in [0.5, 0.6) is 0 Å². The Morgan fingerprint density at radius 3 is 1.72 bits per heavy atom. The minimum atomic E-state index is -0.438. The predicted molar refractivity (Wildman–Crippen MR) is 196 cm³/mol. The Morgan fingerprint density at radius 2 is 1.02 bits per heavy atom. The zero-order valence-electron chi connectivity index (χ0n) is 30.2. The topological polar surface area (TPSA) is 30.7 Å². The number of pyridine rings is 1. The summed E-state index contributed by atoms with van der Waals surface area (Å²) in [7, 11) is 0. The molecule has 0 saturated heterocycles. The molecule has 0 saturated carbocycles. The third-order valence-corrected chi connectivity index (χ3v) is 8.82. The summed E-state index contributed by atoms with van der Waals surface area (Å²) in [6.45, 7) is 0. The molecular weight excluding hydrogens is 571 g/mol. The molecule has 0 N–H and O–H groups in total. The van der Waals surface area contributed by atoms with Gasteiger partial charge in [-0.25, -0.2) is 4.98 Å². The van der Waals surface area contributed by atoms with E-state index in [9.17, 15) is 0 Å². The molecule has 7 aromatic carbocycles. The normalized spacial score (nSPS) is 12.9. The Labute approximate surface area is 280 Å². The molecular formula is C44H29N3. The lowest BCUT2D eigenvalue weighted by Crippen LogP contribution is -2.01. The van der Waals surface area contributed by atoms with E-state index in [2.05, 4.69) is 83.8 Å². The number of hydrogen-bond acceptors (Lipinski definition) is 2. The first-order chi connectivity index (χ1) is 25.4. The van der Waals surface area contributed by atoms with E-state index in [0.29, 0.717) is 5.52 Å². The zero-order chi connectivity index (χ0) is 35.5. The Morgan fingerprint density at radius 1 is 0.468 bits per heavy atom. The standard InChI is InChI=1S/C44H29N3/c1-2-12-33(13-3-1)44-46-39-19-9-11-21-41(39)47(44)40-20-10-8-18-38(40)43-36-16-6-4-14-34(36)42(35-15-5-7-17-37(35)43)32-24-22-30(23-25-32)31-26-28-45-29-27-31/h1-29H/i1D,2D,3D,12D,13D. The summed E-state index contributed by atoms with van der Waals surface area (Å²) in [6, 6.07) is 43.5. The minimum absolute atomic E-state index is 0.0530. The molecule has 0 aliphatic rings. The smallest absolute Gasteiger partial charge is 0.145 e. The molecule has 0 aliphatic heterocycles.